The number of benzene rings is 2. The summed E-state index contributed by atoms with van der Waals surface area (Å²) in [6.07, 6.45) is 1.94. The first-order valence-corrected chi connectivity index (χ1v) is 15.4. The Morgan fingerprint density at radius 1 is 1.25 bits per heavy atom. The minimum Gasteiger partial charge on any atom is -0.493 e. The molecular formula is C30H38BrN5O3S. The number of carbonyl (C=O) groups is 1. The second kappa shape index (κ2) is 13.1. The normalized spacial score (nSPS) is 14.7. The lowest BCUT2D eigenvalue weighted by molar-refractivity contribution is -0.113. The maximum atomic E-state index is 14.0. The summed E-state index contributed by atoms with van der Waals surface area (Å²) in [6, 6.07) is 9.26. The van der Waals surface area contributed by atoms with Crippen LogP contribution in [0.15, 0.2) is 51.2 Å². The number of nitrogens with zero attached hydrogens (tertiary/aromatic N) is 3. The fourth-order valence-electron chi connectivity index (χ4n) is 4.50. The summed E-state index contributed by atoms with van der Waals surface area (Å²) >= 11 is 5.31. The van der Waals surface area contributed by atoms with Crippen LogP contribution in [0.4, 0.5) is 11.6 Å². The van der Waals surface area contributed by atoms with E-state index in [0.717, 1.165) is 45.4 Å². The first-order valence-electron chi connectivity index (χ1n) is 13.6. The van der Waals surface area contributed by atoms with Gasteiger partial charge < -0.3 is 20.1 Å². The van der Waals surface area contributed by atoms with Crippen molar-refractivity contribution in [2.75, 3.05) is 30.1 Å². The van der Waals surface area contributed by atoms with Gasteiger partial charge in [0.2, 0.25) is 11.1 Å². The maximum absolute atomic E-state index is 14.0. The molecule has 214 valence electrons. The molecule has 0 saturated heterocycles. The molecule has 1 aliphatic rings. The van der Waals surface area contributed by atoms with E-state index in [1.807, 2.05) is 51.1 Å². The van der Waals surface area contributed by atoms with Crippen molar-refractivity contribution in [2.24, 2.45) is 5.92 Å². The number of aryl methyl sites for hydroxylation is 1. The number of nitrogens with one attached hydrogen (secondary N) is 2. The Kier molecular flexibility index (Phi) is 9.84. The van der Waals surface area contributed by atoms with Crippen molar-refractivity contribution in [3.05, 3.63) is 62.8 Å². The third-order valence-corrected chi connectivity index (χ3v) is 8.51. The van der Waals surface area contributed by atoms with Crippen molar-refractivity contribution in [2.45, 2.75) is 65.6 Å². The summed E-state index contributed by atoms with van der Waals surface area (Å²) in [5.41, 5.74) is 5.01. The molecule has 10 heteroatoms. The molecule has 0 fully saturated rings. The molecule has 3 aromatic rings. The van der Waals surface area contributed by atoms with Crippen LogP contribution in [0.2, 0.25) is 0 Å². The van der Waals surface area contributed by atoms with E-state index in [0.29, 0.717) is 46.4 Å². The second-order valence-electron chi connectivity index (χ2n) is 10.3. The molecule has 0 radical (unpaired) electrons. The molecule has 1 atom stereocenters. The maximum Gasteiger partial charge on any atom is 0.255 e. The molecule has 2 heterocycles. The third-order valence-electron chi connectivity index (χ3n) is 6.87. The Morgan fingerprint density at radius 3 is 2.73 bits per heavy atom. The molecule has 8 nitrogen and oxygen atoms in total. The minimum atomic E-state index is -0.542. The highest BCUT2D eigenvalue weighted by molar-refractivity contribution is 9.10. The Morgan fingerprint density at radius 2 is 2.02 bits per heavy atom. The summed E-state index contributed by atoms with van der Waals surface area (Å²) < 4.78 is 14.4. The van der Waals surface area contributed by atoms with E-state index in [2.05, 4.69) is 47.3 Å². The predicted octanol–water partition coefficient (Wildman–Crippen LogP) is 7.52. The van der Waals surface area contributed by atoms with Crippen molar-refractivity contribution in [1.29, 1.82) is 0 Å². The van der Waals surface area contributed by atoms with Crippen LogP contribution in [0.5, 0.6) is 11.5 Å². The Balaban J connectivity index is 1.79. The van der Waals surface area contributed by atoms with Crippen molar-refractivity contribution in [1.82, 2.24) is 14.8 Å². The molecule has 0 spiro atoms. The number of hydrogen-bond donors (Lipinski definition) is 2. The number of fused-ring (bicyclic) bond motifs is 1. The van der Waals surface area contributed by atoms with Crippen LogP contribution in [0.3, 0.4) is 0 Å². The van der Waals surface area contributed by atoms with E-state index < -0.39 is 6.04 Å². The summed E-state index contributed by atoms with van der Waals surface area (Å²) in [4.78, 5) is 18.7. The van der Waals surface area contributed by atoms with Gasteiger partial charge in [-0.15, -0.1) is 5.10 Å². The Labute approximate surface area is 249 Å². The van der Waals surface area contributed by atoms with Crippen molar-refractivity contribution in [3.63, 3.8) is 0 Å². The van der Waals surface area contributed by atoms with Crippen LogP contribution in [-0.4, -0.2) is 40.1 Å². The second-order valence-corrected chi connectivity index (χ2v) is 12.3. The first kappa shape index (κ1) is 30.0. The molecule has 0 bridgehead atoms. The van der Waals surface area contributed by atoms with Crippen LogP contribution in [0.1, 0.15) is 63.3 Å². The van der Waals surface area contributed by atoms with Gasteiger partial charge in [0.25, 0.3) is 5.91 Å². The van der Waals surface area contributed by atoms with E-state index in [9.17, 15) is 4.79 Å². The zero-order valence-corrected chi connectivity index (χ0v) is 26.6. The van der Waals surface area contributed by atoms with Crippen LogP contribution in [-0.2, 0) is 4.79 Å². The number of rotatable bonds is 11. The molecule has 2 N–H and O–H groups in total. The summed E-state index contributed by atoms with van der Waals surface area (Å²) in [5.74, 6) is 3.04. The summed E-state index contributed by atoms with van der Waals surface area (Å²) in [6.45, 7) is 13.0. The van der Waals surface area contributed by atoms with Gasteiger partial charge in [-0.3, -0.25) is 4.79 Å². The number of ether oxygens (including phenoxy) is 2. The fourth-order valence-corrected chi connectivity index (χ4v) is 5.76. The lowest BCUT2D eigenvalue weighted by Gasteiger charge is -2.29. The van der Waals surface area contributed by atoms with Crippen molar-refractivity contribution >= 4 is 45.2 Å². The van der Waals surface area contributed by atoms with Gasteiger partial charge in [0.05, 0.1) is 23.8 Å². The number of anilines is 2. The highest BCUT2D eigenvalue weighted by atomic mass is 79.9. The standard InChI is InChI=1S/C30H38BrN5O3S/c1-8-14-40-30-34-29-32-20(6)25(28(37)33-23-11-9-10-18(4)19(23)5)26(36(29)35-30)21-15-22(31)27(24(16-21)38-7)39-13-12-17(2)3/h9-11,15-17,26H,8,12-14H2,1-7H3,(H,33,37)(H,32,34,35). The summed E-state index contributed by atoms with van der Waals surface area (Å²) in [5, 5.41) is 12.0. The van der Waals surface area contributed by atoms with Gasteiger partial charge in [0.1, 0.15) is 6.04 Å². The molecule has 0 saturated carbocycles. The molecular weight excluding hydrogens is 590 g/mol. The highest BCUT2D eigenvalue weighted by Crippen LogP contribution is 2.43. The average molecular weight is 629 g/mol. The Bertz CT molecular complexity index is 1420. The molecule has 0 aliphatic carbocycles. The van der Waals surface area contributed by atoms with Gasteiger partial charge in [-0.1, -0.05) is 44.7 Å². The molecule has 1 aromatic heterocycles. The van der Waals surface area contributed by atoms with E-state index in [1.165, 1.54) is 0 Å². The van der Waals surface area contributed by atoms with Crippen LogP contribution in [0.25, 0.3) is 0 Å². The number of thioether (sulfide) groups is 1. The average Bonchev–Trinajstić information content (AvgIpc) is 3.31. The van der Waals surface area contributed by atoms with Gasteiger partial charge in [0.15, 0.2) is 11.5 Å². The minimum absolute atomic E-state index is 0.208. The van der Waals surface area contributed by atoms with Gasteiger partial charge in [0, 0.05) is 17.1 Å². The van der Waals surface area contributed by atoms with Gasteiger partial charge in [-0.25, -0.2) is 4.68 Å². The van der Waals surface area contributed by atoms with E-state index in [4.69, 9.17) is 19.6 Å². The lowest BCUT2D eigenvalue weighted by atomic mass is 9.94. The van der Waals surface area contributed by atoms with E-state index in [1.54, 1.807) is 23.6 Å². The fraction of sp³-hybridized carbons (Fsp3) is 0.433. The highest BCUT2D eigenvalue weighted by Gasteiger charge is 2.35. The molecule has 1 amide bonds. The first-order chi connectivity index (χ1) is 19.1. The topological polar surface area (TPSA) is 90.3 Å². The largest absolute Gasteiger partial charge is 0.493 e. The molecule has 2 aromatic carbocycles. The van der Waals surface area contributed by atoms with Gasteiger partial charge in [-0.2, -0.15) is 4.98 Å². The van der Waals surface area contributed by atoms with Crippen molar-refractivity contribution in [3.8, 4) is 11.5 Å². The zero-order chi connectivity index (χ0) is 29.0. The third kappa shape index (κ3) is 6.49. The molecule has 4 rings (SSSR count). The summed E-state index contributed by atoms with van der Waals surface area (Å²) in [7, 11) is 1.62. The smallest absolute Gasteiger partial charge is 0.255 e. The number of methoxy groups -OCH3 is 1. The quantitative estimate of drug-likeness (QED) is 0.212. The molecule has 1 aliphatic heterocycles. The number of hydrogen-bond acceptors (Lipinski definition) is 7. The Hall–Kier alpha value is -2.98. The van der Waals surface area contributed by atoms with Crippen LogP contribution < -0.4 is 20.1 Å². The predicted molar refractivity (Wildman–Crippen MR) is 166 cm³/mol. The number of carbonyl (C=O) groups excluding carboxylic acids is 1. The van der Waals surface area contributed by atoms with Gasteiger partial charge >= 0.3 is 0 Å². The van der Waals surface area contributed by atoms with E-state index >= 15 is 0 Å². The molecule has 40 heavy (non-hydrogen) atoms. The van der Waals surface area contributed by atoms with Gasteiger partial charge in [-0.05, 0) is 90.4 Å². The van der Waals surface area contributed by atoms with Crippen LogP contribution in [0, 0.1) is 19.8 Å². The monoisotopic (exact) mass is 627 g/mol. The SMILES string of the molecule is CCCSc1nc2n(n1)C(c1cc(Br)c(OCCC(C)C)c(OC)c1)C(C(=O)Nc1cccc(C)c1C)=C(C)N2. The lowest BCUT2D eigenvalue weighted by Crippen LogP contribution is -2.31. The van der Waals surface area contributed by atoms with E-state index in [-0.39, 0.29) is 5.91 Å². The number of allylic oxidation sites excluding steroid dienone is 1. The number of amides is 1. The van der Waals surface area contributed by atoms with Crippen LogP contribution >= 0.6 is 27.7 Å². The molecule has 1 unspecified atom stereocenters. The number of aromatic nitrogens is 3. The van der Waals surface area contributed by atoms with Crippen molar-refractivity contribution < 1.29 is 14.3 Å². The zero-order valence-electron chi connectivity index (χ0n) is 24.2. The number of halogens is 1.